The lowest BCUT2D eigenvalue weighted by molar-refractivity contribution is 0.277. The first kappa shape index (κ1) is 10.3. The van der Waals surface area contributed by atoms with Crippen LogP contribution >= 0.6 is 0 Å². The maximum atomic E-state index is 5.90. The number of nitrogens with zero attached hydrogens (tertiary/aromatic N) is 3. The first-order chi connectivity index (χ1) is 7.79. The van der Waals surface area contributed by atoms with E-state index in [-0.39, 0.29) is 0 Å². The molecule has 1 aromatic rings. The van der Waals surface area contributed by atoms with Crippen LogP contribution in [0, 0.1) is 0 Å². The van der Waals surface area contributed by atoms with Crippen LogP contribution in [-0.4, -0.2) is 28.3 Å². The normalized spacial score (nSPS) is 21.9. The summed E-state index contributed by atoms with van der Waals surface area (Å²) in [4.78, 5) is 2.33. The molecule has 0 saturated heterocycles. The molecule has 0 amide bonds. The SMILES string of the molecule is CN1CCc2c(nn(C3CCC3)c2CN)C1. The smallest absolute Gasteiger partial charge is 0.0800 e. The third-order valence-corrected chi connectivity index (χ3v) is 3.98. The van der Waals surface area contributed by atoms with E-state index in [1.165, 1.54) is 36.2 Å². The quantitative estimate of drug-likeness (QED) is 0.810. The van der Waals surface area contributed by atoms with Gasteiger partial charge >= 0.3 is 0 Å². The maximum absolute atomic E-state index is 5.90. The zero-order chi connectivity index (χ0) is 11.1. The van der Waals surface area contributed by atoms with Crippen molar-refractivity contribution in [1.82, 2.24) is 14.7 Å². The minimum Gasteiger partial charge on any atom is -0.325 e. The fourth-order valence-corrected chi connectivity index (χ4v) is 2.76. The summed E-state index contributed by atoms with van der Waals surface area (Å²) in [6.07, 6.45) is 5.02. The molecule has 1 aromatic heterocycles. The molecule has 3 rings (SSSR count). The van der Waals surface area contributed by atoms with Gasteiger partial charge in [-0.1, -0.05) is 0 Å². The number of likely N-dealkylation sites (N-methyl/N-ethyl adjacent to an activating group) is 1. The molecule has 1 fully saturated rings. The van der Waals surface area contributed by atoms with Crippen LogP contribution in [0.15, 0.2) is 0 Å². The molecule has 16 heavy (non-hydrogen) atoms. The second-order valence-electron chi connectivity index (χ2n) is 5.09. The van der Waals surface area contributed by atoms with E-state index in [0.29, 0.717) is 12.6 Å². The van der Waals surface area contributed by atoms with Crippen LogP contribution in [0.2, 0.25) is 0 Å². The van der Waals surface area contributed by atoms with E-state index in [2.05, 4.69) is 16.6 Å². The summed E-state index contributed by atoms with van der Waals surface area (Å²) < 4.78 is 2.23. The van der Waals surface area contributed by atoms with E-state index >= 15 is 0 Å². The zero-order valence-electron chi connectivity index (χ0n) is 9.95. The number of hydrogen-bond acceptors (Lipinski definition) is 3. The largest absolute Gasteiger partial charge is 0.325 e. The van der Waals surface area contributed by atoms with Gasteiger partial charge in [-0.15, -0.1) is 0 Å². The highest BCUT2D eigenvalue weighted by Crippen LogP contribution is 2.34. The van der Waals surface area contributed by atoms with E-state index in [4.69, 9.17) is 10.8 Å². The van der Waals surface area contributed by atoms with Crippen molar-refractivity contribution < 1.29 is 0 Å². The van der Waals surface area contributed by atoms with Gasteiger partial charge in [-0.2, -0.15) is 5.10 Å². The molecule has 1 aliphatic heterocycles. The van der Waals surface area contributed by atoms with Crippen molar-refractivity contribution in [2.45, 2.75) is 44.8 Å². The minimum atomic E-state index is 0.634. The van der Waals surface area contributed by atoms with Crippen LogP contribution in [-0.2, 0) is 19.5 Å². The average Bonchev–Trinajstić information content (AvgIpc) is 2.52. The molecule has 0 spiro atoms. The number of nitrogens with two attached hydrogens (primary N) is 1. The van der Waals surface area contributed by atoms with Gasteiger partial charge in [0.05, 0.1) is 17.4 Å². The zero-order valence-corrected chi connectivity index (χ0v) is 9.95. The molecule has 0 aromatic carbocycles. The maximum Gasteiger partial charge on any atom is 0.0800 e. The molecule has 2 aliphatic rings. The van der Waals surface area contributed by atoms with E-state index < -0.39 is 0 Å². The summed E-state index contributed by atoms with van der Waals surface area (Å²) in [5.74, 6) is 0. The molecule has 1 saturated carbocycles. The van der Waals surface area contributed by atoms with Crippen LogP contribution in [0.3, 0.4) is 0 Å². The fourth-order valence-electron chi connectivity index (χ4n) is 2.76. The van der Waals surface area contributed by atoms with Gasteiger partial charge in [0.1, 0.15) is 0 Å². The molecule has 2 N–H and O–H groups in total. The monoisotopic (exact) mass is 220 g/mol. The summed E-state index contributed by atoms with van der Waals surface area (Å²) in [5.41, 5.74) is 9.90. The Balaban J connectivity index is 1.99. The Labute approximate surface area is 96.4 Å². The van der Waals surface area contributed by atoms with Gasteiger partial charge in [0.15, 0.2) is 0 Å². The van der Waals surface area contributed by atoms with Gasteiger partial charge in [-0.25, -0.2) is 0 Å². The van der Waals surface area contributed by atoms with Crippen molar-refractivity contribution in [3.63, 3.8) is 0 Å². The number of rotatable bonds is 2. The van der Waals surface area contributed by atoms with Crippen molar-refractivity contribution >= 4 is 0 Å². The third-order valence-electron chi connectivity index (χ3n) is 3.98. The van der Waals surface area contributed by atoms with Crippen LogP contribution in [0.5, 0.6) is 0 Å². The van der Waals surface area contributed by atoms with Gasteiger partial charge in [0, 0.05) is 25.2 Å². The molecule has 4 nitrogen and oxygen atoms in total. The van der Waals surface area contributed by atoms with Crippen molar-refractivity contribution in [1.29, 1.82) is 0 Å². The van der Waals surface area contributed by atoms with E-state index in [0.717, 1.165) is 19.5 Å². The molecular weight excluding hydrogens is 200 g/mol. The lowest BCUT2D eigenvalue weighted by Gasteiger charge is -2.27. The summed E-state index contributed by atoms with van der Waals surface area (Å²) in [5, 5.41) is 4.79. The topological polar surface area (TPSA) is 47.1 Å². The molecule has 88 valence electrons. The summed E-state index contributed by atoms with van der Waals surface area (Å²) >= 11 is 0. The molecule has 4 heteroatoms. The Morgan fingerprint density at radius 1 is 1.44 bits per heavy atom. The van der Waals surface area contributed by atoms with Crippen molar-refractivity contribution in [3.05, 3.63) is 17.0 Å². The first-order valence-electron chi connectivity index (χ1n) is 6.27. The molecule has 0 radical (unpaired) electrons. The van der Waals surface area contributed by atoms with Crippen molar-refractivity contribution in [2.75, 3.05) is 13.6 Å². The summed E-state index contributed by atoms with van der Waals surface area (Å²) in [7, 11) is 2.16. The minimum absolute atomic E-state index is 0.634. The second-order valence-corrected chi connectivity index (χ2v) is 5.09. The van der Waals surface area contributed by atoms with Crippen LogP contribution in [0.4, 0.5) is 0 Å². The van der Waals surface area contributed by atoms with E-state index in [1.54, 1.807) is 0 Å². The number of fused-ring (bicyclic) bond motifs is 1. The first-order valence-corrected chi connectivity index (χ1v) is 6.27. The van der Waals surface area contributed by atoms with E-state index in [1.807, 2.05) is 0 Å². The van der Waals surface area contributed by atoms with Gasteiger partial charge in [0.2, 0.25) is 0 Å². The lowest BCUT2D eigenvalue weighted by atomic mass is 9.93. The van der Waals surface area contributed by atoms with Crippen molar-refractivity contribution in [2.24, 2.45) is 5.73 Å². The molecular formula is C12H20N4. The van der Waals surface area contributed by atoms with Gasteiger partial charge in [-0.05, 0) is 32.7 Å². The Kier molecular flexibility index (Phi) is 2.48. The van der Waals surface area contributed by atoms with Crippen LogP contribution in [0.1, 0.15) is 42.3 Å². The lowest BCUT2D eigenvalue weighted by Crippen LogP contribution is -2.26. The summed E-state index contributed by atoms with van der Waals surface area (Å²) in [6.45, 7) is 2.76. The predicted molar refractivity (Wildman–Crippen MR) is 63.0 cm³/mol. The van der Waals surface area contributed by atoms with Gasteiger partial charge in [-0.3, -0.25) is 4.68 Å². The third kappa shape index (κ3) is 1.48. The van der Waals surface area contributed by atoms with Crippen molar-refractivity contribution in [3.8, 4) is 0 Å². The number of aromatic nitrogens is 2. The highest BCUT2D eigenvalue weighted by atomic mass is 15.3. The Hall–Kier alpha value is -0.870. The predicted octanol–water partition coefficient (Wildman–Crippen LogP) is 1.05. The van der Waals surface area contributed by atoms with Crippen LogP contribution < -0.4 is 5.73 Å². The Morgan fingerprint density at radius 2 is 2.25 bits per heavy atom. The molecule has 2 heterocycles. The van der Waals surface area contributed by atoms with E-state index in [9.17, 15) is 0 Å². The molecule has 1 aliphatic carbocycles. The molecule has 0 bridgehead atoms. The van der Waals surface area contributed by atoms with Gasteiger partial charge in [0.25, 0.3) is 0 Å². The number of hydrogen-bond donors (Lipinski definition) is 1. The molecule has 0 atom stereocenters. The highest BCUT2D eigenvalue weighted by molar-refractivity contribution is 5.29. The Bertz CT molecular complexity index is 392. The highest BCUT2D eigenvalue weighted by Gasteiger charge is 2.28. The fraction of sp³-hybridized carbons (Fsp3) is 0.750. The average molecular weight is 220 g/mol. The van der Waals surface area contributed by atoms with Gasteiger partial charge < -0.3 is 10.6 Å². The Morgan fingerprint density at radius 3 is 2.88 bits per heavy atom. The van der Waals surface area contributed by atoms with Crippen LogP contribution in [0.25, 0.3) is 0 Å². The standard InChI is InChI=1S/C12H20N4/c1-15-6-5-10-11(8-15)14-16(12(10)7-13)9-3-2-4-9/h9H,2-8,13H2,1H3. The summed E-state index contributed by atoms with van der Waals surface area (Å²) in [6, 6.07) is 0.634. The second kappa shape index (κ2) is 3.86. The molecule has 0 unspecified atom stereocenters.